The molecule has 0 radical (unpaired) electrons. The van der Waals surface area contributed by atoms with Crippen molar-refractivity contribution in [1.82, 2.24) is 0 Å². The highest BCUT2D eigenvalue weighted by Gasteiger charge is 2.02. The molecular weight excluding hydrogens is 403 g/mol. The van der Waals surface area contributed by atoms with Crippen molar-refractivity contribution in [2.45, 2.75) is 19.8 Å². The monoisotopic (exact) mass is 430 g/mol. The van der Waals surface area contributed by atoms with Gasteiger partial charge in [-0.3, -0.25) is 4.79 Å². The molecule has 164 valence electrons. The fourth-order valence-electron chi connectivity index (χ4n) is 2.98. The van der Waals surface area contributed by atoms with E-state index in [-0.39, 0.29) is 11.6 Å². The van der Waals surface area contributed by atoms with Crippen LogP contribution in [-0.4, -0.2) is 19.0 Å². The molecule has 0 bridgehead atoms. The van der Waals surface area contributed by atoms with Crippen molar-refractivity contribution in [1.29, 1.82) is 0 Å². The maximum atomic E-state index is 12.9. The molecule has 0 aromatic heterocycles. The SMILES string of the molecule is C=C(C)c1ccc(OCCCCOc2ccc(/C=C/C(=O)c3ccc(F)cc3)cc2)cc1. The lowest BCUT2D eigenvalue weighted by molar-refractivity contribution is 0.104. The Labute approximate surface area is 188 Å². The molecule has 0 aliphatic carbocycles. The summed E-state index contributed by atoms with van der Waals surface area (Å²) in [6.45, 7) is 7.16. The van der Waals surface area contributed by atoms with Gasteiger partial charge in [-0.25, -0.2) is 4.39 Å². The van der Waals surface area contributed by atoms with Crippen LogP contribution in [0.1, 0.15) is 41.3 Å². The molecule has 0 atom stereocenters. The van der Waals surface area contributed by atoms with Crippen LogP contribution in [0.5, 0.6) is 11.5 Å². The summed E-state index contributed by atoms with van der Waals surface area (Å²) in [4.78, 5) is 12.1. The van der Waals surface area contributed by atoms with Crippen LogP contribution < -0.4 is 9.47 Å². The van der Waals surface area contributed by atoms with Gasteiger partial charge in [-0.05, 0) is 85.5 Å². The van der Waals surface area contributed by atoms with E-state index in [1.165, 1.54) is 30.3 Å². The summed E-state index contributed by atoms with van der Waals surface area (Å²) < 4.78 is 24.5. The Hall–Kier alpha value is -3.66. The van der Waals surface area contributed by atoms with Crippen LogP contribution in [-0.2, 0) is 0 Å². The summed E-state index contributed by atoms with van der Waals surface area (Å²) in [6, 6.07) is 21.0. The van der Waals surface area contributed by atoms with Crippen LogP contribution in [0.4, 0.5) is 4.39 Å². The molecule has 0 N–H and O–H groups in total. The first kappa shape index (κ1) is 23.0. The van der Waals surface area contributed by atoms with Crippen LogP contribution in [0.15, 0.2) is 85.5 Å². The fraction of sp³-hybridized carbons (Fsp3) is 0.179. The predicted molar refractivity (Wildman–Crippen MR) is 128 cm³/mol. The van der Waals surface area contributed by atoms with Gasteiger partial charge in [0.05, 0.1) is 13.2 Å². The van der Waals surface area contributed by atoms with Gasteiger partial charge in [0.25, 0.3) is 0 Å². The molecule has 32 heavy (non-hydrogen) atoms. The molecule has 0 aliphatic rings. The zero-order chi connectivity index (χ0) is 22.8. The second-order valence-electron chi connectivity index (χ2n) is 7.48. The molecule has 4 heteroatoms. The lowest BCUT2D eigenvalue weighted by Gasteiger charge is -2.08. The van der Waals surface area contributed by atoms with Crippen LogP contribution in [0.3, 0.4) is 0 Å². The number of rotatable bonds is 11. The standard InChI is InChI=1S/C28H27FO3/c1-21(2)23-10-16-27(17-11-23)32-20-4-3-19-31-26-14-5-22(6-15-26)7-18-28(30)24-8-12-25(29)13-9-24/h5-18H,1,3-4,19-20H2,2H3/b18-7+. The van der Waals surface area contributed by atoms with E-state index in [9.17, 15) is 9.18 Å². The van der Waals surface area contributed by atoms with E-state index >= 15 is 0 Å². The molecule has 3 aromatic carbocycles. The zero-order valence-electron chi connectivity index (χ0n) is 18.2. The molecular formula is C28H27FO3. The van der Waals surface area contributed by atoms with Crippen molar-refractivity contribution < 1.29 is 18.7 Å². The van der Waals surface area contributed by atoms with Gasteiger partial charge < -0.3 is 9.47 Å². The van der Waals surface area contributed by atoms with E-state index in [0.717, 1.165) is 41.0 Å². The molecule has 0 spiro atoms. The van der Waals surface area contributed by atoms with Crippen molar-refractivity contribution in [2.24, 2.45) is 0 Å². The van der Waals surface area contributed by atoms with Crippen molar-refractivity contribution in [3.8, 4) is 11.5 Å². The second-order valence-corrected chi connectivity index (χ2v) is 7.48. The van der Waals surface area contributed by atoms with Crippen LogP contribution >= 0.6 is 0 Å². The van der Waals surface area contributed by atoms with Crippen LogP contribution in [0.2, 0.25) is 0 Å². The average molecular weight is 431 g/mol. The molecule has 0 saturated heterocycles. The summed E-state index contributed by atoms with van der Waals surface area (Å²) in [5, 5.41) is 0. The van der Waals surface area contributed by atoms with Crippen LogP contribution in [0, 0.1) is 5.82 Å². The maximum Gasteiger partial charge on any atom is 0.185 e. The Morgan fingerprint density at radius 2 is 1.31 bits per heavy atom. The number of benzene rings is 3. The highest BCUT2D eigenvalue weighted by Crippen LogP contribution is 2.18. The summed E-state index contributed by atoms with van der Waals surface area (Å²) in [5.74, 6) is 1.11. The molecule has 0 saturated carbocycles. The number of allylic oxidation sites excluding steroid dienone is 2. The minimum atomic E-state index is -0.359. The first-order valence-corrected chi connectivity index (χ1v) is 10.6. The van der Waals surface area contributed by atoms with Crippen molar-refractivity contribution in [3.05, 3.63) is 108 Å². The Kier molecular flexibility index (Phi) is 8.38. The first-order chi connectivity index (χ1) is 15.5. The fourth-order valence-corrected chi connectivity index (χ4v) is 2.98. The van der Waals surface area contributed by atoms with Crippen molar-refractivity contribution in [2.75, 3.05) is 13.2 Å². The van der Waals surface area contributed by atoms with E-state index < -0.39 is 0 Å². The average Bonchev–Trinajstić information content (AvgIpc) is 2.81. The number of carbonyl (C=O) groups is 1. The summed E-state index contributed by atoms with van der Waals surface area (Å²) in [6.07, 6.45) is 5.00. The largest absolute Gasteiger partial charge is 0.494 e. The van der Waals surface area contributed by atoms with Gasteiger partial charge in [0, 0.05) is 5.56 Å². The van der Waals surface area contributed by atoms with E-state index in [1.54, 1.807) is 6.08 Å². The van der Waals surface area contributed by atoms with E-state index in [0.29, 0.717) is 18.8 Å². The van der Waals surface area contributed by atoms with Crippen molar-refractivity contribution >= 4 is 17.4 Å². The number of hydrogen-bond acceptors (Lipinski definition) is 3. The first-order valence-electron chi connectivity index (χ1n) is 10.6. The number of ketones is 1. The Balaban J connectivity index is 1.35. The second kappa shape index (κ2) is 11.7. The third kappa shape index (κ3) is 7.24. The van der Waals surface area contributed by atoms with E-state index in [4.69, 9.17) is 9.47 Å². The van der Waals surface area contributed by atoms with E-state index in [1.807, 2.05) is 55.5 Å². The van der Waals surface area contributed by atoms with Gasteiger partial charge in [-0.2, -0.15) is 0 Å². The molecule has 3 nitrogen and oxygen atoms in total. The molecule has 0 unspecified atom stereocenters. The molecule has 0 amide bonds. The minimum absolute atomic E-state index is 0.167. The third-order valence-electron chi connectivity index (χ3n) is 4.86. The molecule has 0 aliphatic heterocycles. The summed E-state index contributed by atoms with van der Waals surface area (Å²) >= 11 is 0. The quantitative estimate of drug-likeness (QED) is 0.187. The number of hydrogen-bond donors (Lipinski definition) is 0. The highest BCUT2D eigenvalue weighted by molar-refractivity contribution is 6.06. The van der Waals surface area contributed by atoms with Crippen LogP contribution in [0.25, 0.3) is 11.6 Å². The van der Waals surface area contributed by atoms with Gasteiger partial charge in [-0.1, -0.05) is 42.5 Å². The minimum Gasteiger partial charge on any atom is -0.494 e. The predicted octanol–water partition coefficient (Wildman–Crippen LogP) is 6.99. The Morgan fingerprint density at radius 3 is 1.84 bits per heavy atom. The molecule has 3 rings (SSSR count). The number of halogens is 1. The van der Waals surface area contributed by atoms with Crippen molar-refractivity contribution in [3.63, 3.8) is 0 Å². The third-order valence-corrected chi connectivity index (χ3v) is 4.86. The highest BCUT2D eigenvalue weighted by atomic mass is 19.1. The lowest BCUT2D eigenvalue weighted by Crippen LogP contribution is -2.02. The van der Waals surface area contributed by atoms with Gasteiger partial charge in [0.15, 0.2) is 5.78 Å². The van der Waals surface area contributed by atoms with Gasteiger partial charge in [-0.15, -0.1) is 0 Å². The number of carbonyl (C=O) groups excluding carboxylic acids is 1. The summed E-state index contributed by atoms with van der Waals surface area (Å²) in [7, 11) is 0. The molecule has 0 heterocycles. The number of ether oxygens (including phenoxy) is 2. The lowest BCUT2D eigenvalue weighted by atomic mass is 10.1. The zero-order valence-corrected chi connectivity index (χ0v) is 18.2. The van der Waals surface area contributed by atoms with Gasteiger partial charge in [0.1, 0.15) is 17.3 Å². The van der Waals surface area contributed by atoms with Gasteiger partial charge in [0.2, 0.25) is 0 Å². The number of unbranched alkanes of at least 4 members (excludes halogenated alkanes) is 1. The topological polar surface area (TPSA) is 35.5 Å². The summed E-state index contributed by atoms with van der Waals surface area (Å²) in [5.41, 5.74) is 3.50. The molecule has 0 fully saturated rings. The van der Waals surface area contributed by atoms with Gasteiger partial charge >= 0.3 is 0 Å². The smallest absolute Gasteiger partial charge is 0.185 e. The Bertz CT molecular complexity index is 1050. The maximum absolute atomic E-state index is 12.9. The Morgan fingerprint density at radius 1 is 0.812 bits per heavy atom. The normalized spacial score (nSPS) is 10.8. The molecule has 3 aromatic rings. The van der Waals surface area contributed by atoms with E-state index in [2.05, 4.69) is 6.58 Å².